The molecule has 1 aliphatic heterocycles. The number of fused-ring (bicyclic) bond motifs is 1. The molecule has 2 heterocycles. The van der Waals surface area contributed by atoms with E-state index in [2.05, 4.69) is 40.9 Å². The molecule has 0 radical (unpaired) electrons. The third kappa shape index (κ3) is 5.68. The first-order valence-electron chi connectivity index (χ1n) is 10.3. The van der Waals surface area contributed by atoms with Gasteiger partial charge in [0.1, 0.15) is 23.4 Å². The maximum Gasteiger partial charge on any atom is 0.491 e. The molecule has 34 heavy (non-hydrogen) atoms. The van der Waals surface area contributed by atoms with E-state index in [4.69, 9.17) is 4.74 Å². The first-order chi connectivity index (χ1) is 16.1. The fraction of sp³-hybridized carbons (Fsp3) is 0.318. The van der Waals surface area contributed by atoms with Crippen LogP contribution < -0.4 is 14.8 Å². The van der Waals surface area contributed by atoms with Gasteiger partial charge < -0.3 is 24.8 Å². The number of carbonyl (C=O) groups excluding carboxylic acids is 1. The molecule has 1 fully saturated rings. The zero-order valence-electron chi connectivity index (χ0n) is 17.9. The highest BCUT2D eigenvalue weighted by Gasteiger charge is 2.42. The van der Waals surface area contributed by atoms with E-state index >= 15 is 0 Å². The van der Waals surface area contributed by atoms with Gasteiger partial charge in [-0.2, -0.15) is 23.1 Å². The van der Waals surface area contributed by atoms with Gasteiger partial charge in [0.25, 0.3) is 0 Å². The minimum atomic E-state index is -5.22. The third-order valence-corrected chi connectivity index (χ3v) is 5.68. The summed E-state index contributed by atoms with van der Waals surface area (Å²) in [5, 5.41) is 13.6. The molecule has 0 bridgehead atoms. The van der Waals surface area contributed by atoms with Crippen molar-refractivity contribution in [1.29, 1.82) is 0 Å². The van der Waals surface area contributed by atoms with Gasteiger partial charge in [0, 0.05) is 35.4 Å². The zero-order valence-corrected chi connectivity index (χ0v) is 19.5. The number of benzene rings is 2. The maximum absolute atomic E-state index is 12.7. The maximum atomic E-state index is 12.7. The molecule has 4 rings (SSSR count). The Bertz CT molecular complexity index is 1220. The van der Waals surface area contributed by atoms with Gasteiger partial charge in [0.05, 0.1) is 10.9 Å². The first kappa shape index (κ1) is 24.0. The smallest absolute Gasteiger partial charge is 0.491 e. The van der Waals surface area contributed by atoms with Crippen LogP contribution in [-0.2, 0) is 4.79 Å². The number of esters is 1. The second-order valence-corrected chi connectivity index (χ2v) is 8.75. The predicted octanol–water partition coefficient (Wildman–Crippen LogP) is 4.78. The van der Waals surface area contributed by atoms with Crippen molar-refractivity contribution < 1.29 is 32.5 Å². The van der Waals surface area contributed by atoms with Crippen molar-refractivity contribution in [3.05, 3.63) is 40.9 Å². The average molecular weight is 541 g/mol. The first-order valence-corrected chi connectivity index (χ1v) is 11.1. The number of nitrogens with one attached hydrogen (secondary N) is 1. The number of hydrogen-bond donors (Lipinski definition) is 2. The van der Waals surface area contributed by atoms with E-state index in [1.54, 1.807) is 24.3 Å². The van der Waals surface area contributed by atoms with Crippen LogP contribution in [0.5, 0.6) is 17.5 Å². The molecule has 8 nitrogen and oxygen atoms in total. The molecule has 0 aliphatic carbocycles. The van der Waals surface area contributed by atoms with Crippen LogP contribution in [0.25, 0.3) is 10.9 Å². The lowest BCUT2D eigenvalue weighted by Crippen LogP contribution is -2.35. The highest BCUT2D eigenvalue weighted by atomic mass is 79.9. The number of carbonyl (C=O) groups is 1. The van der Waals surface area contributed by atoms with E-state index in [-0.39, 0.29) is 28.9 Å². The number of piperidine rings is 1. The van der Waals surface area contributed by atoms with Crippen molar-refractivity contribution in [2.75, 3.05) is 25.5 Å². The van der Waals surface area contributed by atoms with Crippen LogP contribution in [0.1, 0.15) is 12.8 Å². The Kier molecular flexibility index (Phi) is 6.80. The minimum absolute atomic E-state index is 0.0420. The molecule has 0 spiro atoms. The number of likely N-dealkylation sites (tertiary alicyclic amines) is 1. The molecule has 0 saturated carbocycles. The molecule has 2 N–H and O–H groups in total. The van der Waals surface area contributed by atoms with E-state index in [9.17, 15) is 23.1 Å². The summed E-state index contributed by atoms with van der Waals surface area (Å²) in [7, 11) is 2.01. The summed E-state index contributed by atoms with van der Waals surface area (Å²) in [6, 6.07) is 8.82. The van der Waals surface area contributed by atoms with E-state index < -0.39 is 18.2 Å². The van der Waals surface area contributed by atoms with Gasteiger partial charge in [0.2, 0.25) is 0 Å². The van der Waals surface area contributed by atoms with Crippen molar-refractivity contribution in [2.24, 2.45) is 0 Å². The van der Waals surface area contributed by atoms with E-state index in [0.717, 1.165) is 30.4 Å². The summed E-state index contributed by atoms with van der Waals surface area (Å²) in [6.07, 6.45) is -3.85. The number of alkyl halides is 3. The Morgan fingerprint density at radius 1 is 1.21 bits per heavy atom. The summed E-state index contributed by atoms with van der Waals surface area (Å²) in [5.74, 6) is -2.36. The second kappa shape index (κ2) is 9.63. The Morgan fingerprint density at radius 3 is 2.62 bits per heavy atom. The predicted molar refractivity (Wildman–Crippen MR) is 121 cm³/mol. The molecule has 2 aromatic carbocycles. The van der Waals surface area contributed by atoms with Crippen LogP contribution in [0.3, 0.4) is 0 Å². The van der Waals surface area contributed by atoms with Gasteiger partial charge in [-0.1, -0.05) is 22.0 Å². The van der Waals surface area contributed by atoms with Crippen LogP contribution in [-0.4, -0.2) is 58.4 Å². The molecule has 1 aliphatic rings. The number of ether oxygens (including phenoxy) is 2. The third-order valence-electron chi connectivity index (χ3n) is 5.19. The number of anilines is 2. The second-order valence-electron chi connectivity index (χ2n) is 7.84. The topological polar surface area (TPSA) is 96.8 Å². The van der Waals surface area contributed by atoms with Gasteiger partial charge >= 0.3 is 18.2 Å². The highest BCUT2D eigenvalue weighted by Crippen LogP contribution is 2.38. The Balaban J connectivity index is 1.79. The number of aromatic hydroxyl groups is 1. The number of rotatable bonds is 5. The van der Waals surface area contributed by atoms with Gasteiger partial charge in [-0.25, -0.2) is 4.79 Å². The van der Waals surface area contributed by atoms with Crippen molar-refractivity contribution in [3.8, 4) is 17.5 Å². The van der Waals surface area contributed by atoms with Crippen molar-refractivity contribution >= 4 is 44.3 Å². The summed E-state index contributed by atoms with van der Waals surface area (Å²) >= 11 is 3.36. The average Bonchev–Trinajstić information content (AvgIpc) is 2.74. The van der Waals surface area contributed by atoms with Gasteiger partial charge in [-0.05, 0) is 38.1 Å². The Hall–Kier alpha value is -3.12. The molecule has 0 amide bonds. The van der Waals surface area contributed by atoms with Crippen LogP contribution in [0, 0.1) is 0 Å². The molecular formula is C22H20BrF3N4O4. The number of phenolic OH excluding ortho intramolecular Hbond substituents is 1. The summed E-state index contributed by atoms with van der Waals surface area (Å²) in [5.41, 5.74) is 0.598. The lowest BCUT2D eigenvalue weighted by molar-refractivity contribution is -0.190. The normalized spacial score (nSPS) is 15.3. The lowest BCUT2D eigenvalue weighted by atomic mass is 10.1. The molecular weight excluding hydrogens is 521 g/mol. The summed E-state index contributed by atoms with van der Waals surface area (Å²) in [6.45, 7) is 1.66. The standard InChI is InChI=1S/C22H20BrF3N4O4/c1-30-7-5-15(6-8-30)33-17-11-14(31)10-16-18(17)19(27-13-4-2-3-12(23)9-13)29-21(28-16)34-20(32)22(24,25)26/h2-4,9-11,15,31H,5-8H2,1H3,(H,27,28,29). The summed E-state index contributed by atoms with van der Waals surface area (Å²) in [4.78, 5) is 21.5. The minimum Gasteiger partial charge on any atom is -0.508 e. The molecule has 3 aromatic rings. The van der Waals surface area contributed by atoms with Crippen LogP contribution >= 0.6 is 15.9 Å². The van der Waals surface area contributed by atoms with Crippen LogP contribution in [0.15, 0.2) is 40.9 Å². The Labute approximate surface area is 200 Å². The lowest BCUT2D eigenvalue weighted by Gasteiger charge is -2.29. The zero-order chi connectivity index (χ0) is 24.5. The molecule has 12 heteroatoms. The van der Waals surface area contributed by atoms with E-state index in [0.29, 0.717) is 11.1 Å². The molecule has 1 saturated heterocycles. The fourth-order valence-electron chi connectivity index (χ4n) is 3.55. The van der Waals surface area contributed by atoms with Gasteiger partial charge in [0.15, 0.2) is 0 Å². The molecule has 0 unspecified atom stereocenters. The van der Waals surface area contributed by atoms with Crippen LogP contribution in [0.2, 0.25) is 0 Å². The van der Waals surface area contributed by atoms with Gasteiger partial charge in [-0.3, -0.25) is 0 Å². The van der Waals surface area contributed by atoms with E-state index in [1.807, 2.05) is 7.05 Å². The molecule has 0 atom stereocenters. The number of hydrogen-bond acceptors (Lipinski definition) is 8. The molecule has 180 valence electrons. The van der Waals surface area contributed by atoms with Crippen molar-refractivity contribution in [1.82, 2.24) is 14.9 Å². The number of aromatic nitrogens is 2. The quantitative estimate of drug-likeness (QED) is 0.446. The Morgan fingerprint density at radius 2 is 1.94 bits per heavy atom. The van der Waals surface area contributed by atoms with Crippen molar-refractivity contribution in [3.63, 3.8) is 0 Å². The van der Waals surface area contributed by atoms with E-state index in [1.165, 1.54) is 12.1 Å². The fourth-order valence-corrected chi connectivity index (χ4v) is 3.95. The number of halogens is 4. The van der Waals surface area contributed by atoms with Gasteiger partial charge in [-0.15, -0.1) is 0 Å². The number of nitrogens with zero attached hydrogens (tertiary/aromatic N) is 3. The monoisotopic (exact) mass is 540 g/mol. The number of phenols is 1. The summed E-state index contributed by atoms with van der Waals surface area (Å²) < 4.78 is 49.5. The van der Waals surface area contributed by atoms with Crippen molar-refractivity contribution in [2.45, 2.75) is 25.1 Å². The SMILES string of the molecule is CN1CCC(Oc2cc(O)cc3nc(OC(=O)C(F)(F)F)nc(Nc4cccc(Br)c4)c23)CC1. The molecule has 1 aromatic heterocycles. The highest BCUT2D eigenvalue weighted by molar-refractivity contribution is 9.10. The largest absolute Gasteiger partial charge is 0.508 e. The van der Waals surface area contributed by atoms with Crippen LogP contribution in [0.4, 0.5) is 24.7 Å².